The quantitative estimate of drug-likeness (QED) is 0.790. The third-order valence-electron chi connectivity index (χ3n) is 2.61. The summed E-state index contributed by atoms with van der Waals surface area (Å²) in [5, 5.41) is 0. The lowest BCUT2D eigenvalue weighted by molar-refractivity contribution is 0.395. The molecule has 2 rings (SSSR count). The fourth-order valence-corrected chi connectivity index (χ4v) is 2.99. The SMILES string of the molecule is CS(=O)(=O)N1CCc2ccc(Br)cc2C1. The van der Waals surface area contributed by atoms with Crippen LogP contribution in [-0.4, -0.2) is 25.5 Å². The normalized spacial score (nSPS) is 17.5. The highest BCUT2D eigenvalue weighted by molar-refractivity contribution is 9.10. The van der Waals surface area contributed by atoms with E-state index in [9.17, 15) is 8.42 Å². The number of benzene rings is 1. The molecular weight excluding hydrogens is 278 g/mol. The van der Waals surface area contributed by atoms with Crippen LogP contribution < -0.4 is 0 Å². The van der Waals surface area contributed by atoms with Crippen LogP contribution in [0, 0.1) is 0 Å². The van der Waals surface area contributed by atoms with Crippen molar-refractivity contribution in [1.82, 2.24) is 4.31 Å². The molecule has 3 nitrogen and oxygen atoms in total. The zero-order valence-electron chi connectivity index (χ0n) is 8.40. The van der Waals surface area contributed by atoms with Gasteiger partial charge in [0.05, 0.1) is 6.26 Å². The van der Waals surface area contributed by atoms with Crippen LogP contribution in [0.2, 0.25) is 0 Å². The Bertz CT molecular complexity index is 484. The van der Waals surface area contributed by atoms with E-state index in [1.165, 1.54) is 16.1 Å². The highest BCUT2D eigenvalue weighted by Crippen LogP contribution is 2.23. The summed E-state index contributed by atoms with van der Waals surface area (Å²) in [4.78, 5) is 0. The summed E-state index contributed by atoms with van der Waals surface area (Å²) in [5.41, 5.74) is 2.35. The van der Waals surface area contributed by atoms with Gasteiger partial charge < -0.3 is 0 Å². The molecule has 1 aliphatic heterocycles. The maximum Gasteiger partial charge on any atom is 0.211 e. The van der Waals surface area contributed by atoms with E-state index in [2.05, 4.69) is 22.0 Å². The van der Waals surface area contributed by atoms with Crippen molar-refractivity contribution in [3.05, 3.63) is 33.8 Å². The summed E-state index contributed by atoms with van der Waals surface area (Å²) in [6, 6.07) is 6.04. The molecule has 0 saturated heterocycles. The maximum absolute atomic E-state index is 11.4. The van der Waals surface area contributed by atoms with Crippen LogP contribution in [0.4, 0.5) is 0 Å². The first-order chi connectivity index (χ1) is 6.97. The topological polar surface area (TPSA) is 37.4 Å². The van der Waals surface area contributed by atoms with Gasteiger partial charge >= 0.3 is 0 Å². The van der Waals surface area contributed by atoms with E-state index >= 15 is 0 Å². The van der Waals surface area contributed by atoms with E-state index < -0.39 is 10.0 Å². The summed E-state index contributed by atoms with van der Waals surface area (Å²) in [6.45, 7) is 1.08. The zero-order valence-corrected chi connectivity index (χ0v) is 10.8. The molecule has 0 radical (unpaired) electrons. The largest absolute Gasteiger partial charge is 0.212 e. The first-order valence-electron chi connectivity index (χ1n) is 4.69. The number of hydrogen-bond acceptors (Lipinski definition) is 2. The van der Waals surface area contributed by atoms with Gasteiger partial charge in [0.1, 0.15) is 0 Å². The molecule has 0 fully saturated rings. The second kappa shape index (κ2) is 3.88. The molecule has 15 heavy (non-hydrogen) atoms. The smallest absolute Gasteiger partial charge is 0.211 e. The fourth-order valence-electron chi connectivity index (χ4n) is 1.78. The highest BCUT2D eigenvalue weighted by atomic mass is 79.9. The lowest BCUT2D eigenvalue weighted by atomic mass is 10.0. The summed E-state index contributed by atoms with van der Waals surface area (Å²) < 4.78 is 25.3. The lowest BCUT2D eigenvalue weighted by Gasteiger charge is -2.26. The Morgan fingerprint density at radius 2 is 2.07 bits per heavy atom. The molecule has 1 heterocycles. The zero-order chi connectivity index (χ0) is 11.1. The van der Waals surface area contributed by atoms with Gasteiger partial charge in [-0.25, -0.2) is 8.42 Å². The van der Waals surface area contributed by atoms with Crippen LogP contribution in [0.3, 0.4) is 0 Å². The van der Waals surface area contributed by atoms with Crippen LogP contribution in [0.15, 0.2) is 22.7 Å². The summed E-state index contributed by atoms with van der Waals surface area (Å²) in [6.07, 6.45) is 2.06. The molecule has 1 aromatic rings. The Morgan fingerprint density at radius 1 is 1.33 bits per heavy atom. The molecule has 0 amide bonds. The number of nitrogens with zero attached hydrogens (tertiary/aromatic N) is 1. The van der Waals surface area contributed by atoms with Gasteiger partial charge in [0.2, 0.25) is 10.0 Å². The first-order valence-corrected chi connectivity index (χ1v) is 7.33. The van der Waals surface area contributed by atoms with Gasteiger partial charge in [0.25, 0.3) is 0 Å². The van der Waals surface area contributed by atoms with Crippen molar-refractivity contribution in [2.24, 2.45) is 0 Å². The number of fused-ring (bicyclic) bond motifs is 1. The predicted octanol–water partition coefficient (Wildman–Crippen LogP) is 1.77. The molecule has 0 aromatic heterocycles. The van der Waals surface area contributed by atoms with E-state index in [-0.39, 0.29) is 0 Å². The molecule has 0 aliphatic carbocycles. The lowest BCUT2D eigenvalue weighted by Crippen LogP contribution is -2.35. The third kappa shape index (κ3) is 2.41. The van der Waals surface area contributed by atoms with Gasteiger partial charge in [-0.05, 0) is 29.7 Å². The van der Waals surface area contributed by atoms with Crippen molar-refractivity contribution < 1.29 is 8.42 Å². The van der Waals surface area contributed by atoms with Gasteiger partial charge in [0, 0.05) is 17.6 Å². The van der Waals surface area contributed by atoms with Crippen LogP contribution in [0.25, 0.3) is 0 Å². The van der Waals surface area contributed by atoms with Crippen molar-refractivity contribution in [2.45, 2.75) is 13.0 Å². The van der Waals surface area contributed by atoms with E-state index in [0.717, 1.165) is 16.5 Å². The third-order valence-corrected chi connectivity index (χ3v) is 4.36. The second-order valence-electron chi connectivity index (χ2n) is 3.76. The Balaban J connectivity index is 2.34. The molecule has 82 valence electrons. The molecular formula is C10H12BrNO2S. The molecule has 0 spiro atoms. The highest BCUT2D eigenvalue weighted by Gasteiger charge is 2.22. The van der Waals surface area contributed by atoms with E-state index in [1.54, 1.807) is 0 Å². The van der Waals surface area contributed by atoms with Crippen molar-refractivity contribution in [3.8, 4) is 0 Å². The molecule has 1 aromatic carbocycles. The average Bonchev–Trinajstić information content (AvgIpc) is 2.15. The second-order valence-corrected chi connectivity index (χ2v) is 6.66. The Kier molecular flexibility index (Phi) is 2.87. The molecule has 0 saturated carbocycles. The summed E-state index contributed by atoms with van der Waals surface area (Å²) in [7, 11) is -3.06. The van der Waals surface area contributed by atoms with Crippen LogP contribution in [-0.2, 0) is 23.0 Å². The number of sulfonamides is 1. The molecule has 5 heteroatoms. The minimum atomic E-state index is -3.06. The van der Waals surface area contributed by atoms with Gasteiger partial charge in [-0.3, -0.25) is 0 Å². The van der Waals surface area contributed by atoms with Crippen molar-refractivity contribution in [3.63, 3.8) is 0 Å². The summed E-state index contributed by atoms with van der Waals surface area (Å²) >= 11 is 3.39. The Morgan fingerprint density at radius 3 is 2.73 bits per heavy atom. The van der Waals surface area contributed by atoms with Crippen LogP contribution >= 0.6 is 15.9 Å². The average molecular weight is 290 g/mol. The Labute approximate surface area is 98.3 Å². The van der Waals surface area contributed by atoms with Gasteiger partial charge in [0.15, 0.2) is 0 Å². The molecule has 0 unspecified atom stereocenters. The first kappa shape index (κ1) is 11.1. The minimum Gasteiger partial charge on any atom is -0.212 e. The van der Waals surface area contributed by atoms with E-state index in [0.29, 0.717) is 13.1 Å². The van der Waals surface area contributed by atoms with Crippen molar-refractivity contribution >= 4 is 26.0 Å². The fraction of sp³-hybridized carbons (Fsp3) is 0.400. The van der Waals surface area contributed by atoms with Crippen molar-refractivity contribution in [2.75, 3.05) is 12.8 Å². The number of halogens is 1. The molecule has 1 aliphatic rings. The Hall–Kier alpha value is -0.390. The molecule has 0 bridgehead atoms. The van der Waals surface area contributed by atoms with Crippen LogP contribution in [0.1, 0.15) is 11.1 Å². The number of rotatable bonds is 1. The molecule has 0 atom stereocenters. The van der Waals surface area contributed by atoms with E-state index in [4.69, 9.17) is 0 Å². The standard InChI is InChI=1S/C10H12BrNO2S/c1-15(13,14)12-5-4-8-2-3-10(11)6-9(8)7-12/h2-3,6H,4-5,7H2,1H3. The van der Waals surface area contributed by atoms with Crippen molar-refractivity contribution in [1.29, 1.82) is 0 Å². The predicted molar refractivity (Wildman–Crippen MR) is 63.1 cm³/mol. The van der Waals surface area contributed by atoms with Crippen LogP contribution in [0.5, 0.6) is 0 Å². The number of hydrogen-bond donors (Lipinski definition) is 0. The van der Waals surface area contributed by atoms with Gasteiger partial charge in [-0.15, -0.1) is 0 Å². The van der Waals surface area contributed by atoms with Gasteiger partial charge in [-0.1, -0.05) is 22.0 Å². The molecule has 0 N–H and O–H groups in total. The summed E-state index contributed by atoms with van der Waals surface area (Å²) in [5.74, 6) is 0. The van der Waals surface area contributed by atoms with Gasteiger partial charge in [-0.2, -0.15) is 4.31 Å². The van der Waals surface area contributed by atoms with E-state index in [1.807, 2.05) is 12.1 Å². The maximum atomic E-state index is 11.4. The minimum absolute atomic E-state index is 0.494. The monoisotopic (exact) mass is 289 g/mol.